The minimum atomic E-state index is 0.139. The maximum atomic E-state index is 11.6. The largest absolute Gasteiger partial charge is 0.367 e. The van der Waals surface area contributed by atoms with Gasteiger partial charge in [-0.3, -0.25) is 4.79 Å². The summed E-state index contributed by atoms with van der Waals surface area (Å²) in [4.78, 5) is 14.6. The quantitative estimate of drug-likeness (QED) is 0.714. The molecule has 0 spiro atoms. The van der Waals surface area contributed by atoms with Crippen LogP contribution in [0.4, 0.5) is 0 Å². The van der Waals surface area contributed by atoms with E-state index in [1.165, 1.54) is 12.8 Å². The highest BCUT2D eigenvalue weighted by Crippen LogP contribution is 2.09. The molecule has 0 aliphatic carbocycles. The number of hydrogen-bond acceptors (Lipinski definition) is 2. The summed E-state index contributed by atoms with van der Waals surface area (Å²) in [5.41, 5.74) is 1.12. The number of piperidine rings is 1. The van der Waals surface area contributed by atoms with Gasteiger partial charge in [-0.25, -0.2) is 0 Å². The van der Waals surface area contributed by atoms with Gasteiger partial charge in [-0.15, -0.1) is 0 Å². The summed E-state index contributed by atoms with van der Waals surface area (Å²) in [6.07, 6.45) is 7.97. The van der Waals surface area contributed by atoms with Crippen molar-refractivity contribution in [3.8, 4) is 0 Å². The summed E-state index contributed by atoms with van der Waals surface area (Å²) in [7, 11) is 0. The van der Waals surface area contributed by atoms with E-state index in [1.807, 2.05) is 18.5 Å². The van der Waals surface area contributed by atoms with Crippen molar-refractivity contribution in [3.05, 3.63) is 24.0 Å². The number of carbonyl (C=O) groups is 1. The number of H-pyrrole nitrogens is 1. The predicted molar refractivity (Wildman–Crippen MR) is 62.9 cm³/mol. The van der Waals surface area contributed by atoms with E-state index in [1.54, 1.807) is 0 Å². The summed E-state index contributed by atoms with van der Waals surface area (Å²) >= 11 is 0. The van der Waals surface area contributed by atoms with Gasteiger partial charge in [0.25, 0.3) is 0 Å². The molecule has 4 heteroatoms. The van der Waals surface area contributed by atoms with Crippen LogP contribution in [0.25, 0.3) is 0 Å². The second kappa shape index (κ2) is 5.70. The number of rotatable bonds is 4. The van der Waals surface area contributed by atoms with Crippen LogP contribution in [0.15, 0.2) is 18.5 Å². The van der Waals surface area contributed by atoms with Crippen LogP contribution < -0.4 is 10.6 Å². The Labute approximate surface area is 95.8 Å². The molecule has 0 saturated carbocycles. The molecule has 1 saturated heterocycles. The van der Waals surface area contributed by atoms with Gasteiger partial charge in [0.05, 0.1) is 0 Å². The Morgan fingerprint density at radius 1 is 1.50 bits per heavy atom. The Kier molecular flexibility index (Phi) is 3.99. The first-order chi connectivity index (χ1) is 7.84. The van der Waals surface area contributed by atoms with Crippen LogP contribution in [0, 0.1) is 0 Å². The summed E-state index contributed by atoms with van der Waals surface area (Å²) in [6.45, 7) is 1.67. The van der Waals surface area contributed by atoms with Crippen LogP contribution in [0.5, 0.6) is 0 Å². The highest BCUT2D eigenvalue weighted by atomic mass is 16.1. The first kappa shape index (κ1) is 11.2. The molecule has 3 N–H and O–H groups in total. The minimum absolute atomic E-state index is 0.139. The highest BCUT2D eigenvalue weighted by Gasteiger charge is 2.15. The lowest BCUT2D eigenvalue weighted by molar-refractivity contribution is -0.121. The standard InChI is InChI=1S/C12H19N3O/c16-12(7-11-3-1-2-5-14-11)15-9-10-4-6-13-8-10/h4,6,8,11,13-14H,1-3,5,7,9H2,(H,15,16). The third-order valence-corrected chi connectivity index (χ3v) is 3.00. The zero-order valence-corrected chi connectivity index (χ0v) is 9.46. The Balaban J connectivity index is 1.67. The average Bonchev–Trinajstić information content (AvgIpc) is 2.81. The van der Waals surface area contributed by atoms with Gasteiger partial charge < -0.3 is 15.6 Å². The van der Waals surface area contributed by atoms with E-state index < -0.39 is 0 Å². The van der Waals surface area contributed by atoms with Gasteiger partial charge in [0, 0.05) is 31.4 Å². The normalized spacial score (nSPS) is 20.6. The molecular weight excluding hydrogens is 202 g/mol. The van der Waals surface area contributed by atoms with Crippen LogP contribution in [0.1, 0.15) is 31.2 Å². The molecule has 1 aromatic heterocycles. The molecule has 4 nitrogen and oxygen atoms in total. The fourth-order valence-electron chi connectivity index (χ4n) is 2.06. The van der Waals surface area contributed by atoms with Gasteiger partial charge in [0.2, 0.25) is 5.91 Å². The monoisotopic (exact) mass is 221 g/mol. The van der Waals surface area contributed by atoms with Crippen molar-refractivity contribution >= 4 is 5.91 Å². The van der Waals surface area contributed by atoms with E-state index in [0.717, 1.165) is 18.5 Å². The van der Waals surface area contributed by atoms with E-state index in [-0.39, 0.29) is 5.91 Å². The van der Waals surface area contributed by atoms with Crippen molar-refractivity contribution in [1.82, 2.24) is 15.6 Å². The zero-order chi connectivity index (χ0) is 11.2. The Morgan fingerprint density at radius 3 is 3.12 bits per heavy atom. The molecule has 1 unspecified atom stereocenters. The van der Waals surface area contributed by atoms with Gasteiger partial charge in [-0.05, 0) is 31.0 Å². The van der Waals surface area contributed by atoms with Gasteiger partial charge in [-0.1, -0.05) is 6.42 Å². The van der Waals surface area contributed by atoms with E-state index in [2.05, 4.69) is 15.6 Å². The van der Waals surface area contributed by atoms with E-state index in [4.69, 9.17) is 0 Å². The maximum Gasteiger partial charge on any atom is 0.221 e. The van der Waals surface area contributed by atoms with Crippen molar-refractivity contribution < 1.29 is 4.79 Å². The first-order valence-electron chi connectivity index (χ1n) is 5.96. The van der Waals surface area contributed by atoms with Crippen molar-refractivity contribution in [2.75, 3.05) is 6.54 Å². The molecule has 16 heavy (non-hydrogen) atoms. The van der Waals surface area contributed by atoms with Crippen LogP contribution in [0.2, 0.25) is 0 Å². The van der Waals surface area contributed by atoms with Crippen LogP contribution in [0.3, 0.4) is 0 Å². The molecule has 1 aromatic rings. The lowest BCUT2D eigenvalue weighted by Crippen LogP contribution is -2.38. The highest BCUT2D eigenvalue weighted by molar-refractivity contribution is 5.76. The second-order valence-corrected chi connectivity index (χ2v) is 4.35. The molecule has 88 valence electrons. The molecule has 1 atom stereocenters. The van der Waals surface area contributed by atoms with Crippen LogP contribution >= 0.6 is 0 Å². The number of aromatic amines is 1. The molecule has 1 aliphatic rings. The Hall–Kier alpha value is -1.29. The number of nitrogens with one attached hydrogen (secondary N) is 3. The average molecular weight is 221 g/mol. The molecule has 2 rings (SSSR count). The van der Waals surface area contributed by atoms with Gasteiger partial charge in [-0.2, -0.15) is 0 Å². The lowest BCUT2D eigenvalue weighted by Gasteiger charge is -2.22. The molecular formula is C12H19N3O. The van der Waals surface area contributed by atoms with Crippen molar-refractivity contribution in [2.45, 2.75) is 38.3 Å². The molecule has 0 bridgehead atoms. The lowest BCUT2D eigenvalue weighted by atomic mass is 10.0. The van der Waals surface area contributed by atoms with Gasteiger partial charge in [0.15, 0.2) is 0 Å². The van der Waals surface area contributed by atoms with Gasteiger partial charge >= 0.3 is 0 Å². The summed E-state index contributed by atoms with van der Waals surface area (Å²) < 4.78 is 0. The smallest absolute Gasteiger partial charge is 0.221 e. The Bertz CT molecular complexity index is 315. The summed E-state index contributed by atoms with van der Waals surface area (Å²) in [5.74, 6) is 0.139. The molecule has 1 amide bonds. The van der Waals surface area contributed by atoms with E-state index >= 15 is 0 Å². The minimum Gasteiger partial charge on any atom is -0.367 e. The second-order valence-electron chi connectivity index (χ2n) is 4.35. The van der Waals surface area contributed by atoms with E-state index in [0.29, 0.717) is 19.0 Å². The van der Waals surface area contributed by atoms with Gasteiger partial charge in [0.1, 0.15) is 0 Å². The molecule has 0 aromatic carbocycles. The topological polar surface area (TPSA) is 56.9 Å². The number of hydrogen-bond donors (Lipinski definition) is 3. The number of amides is 1. The summed E-state index contributed by atoms with van der Waals surface area (Å²) in [5, 5.41) is 6.31. The fourth-order valence-corrected chi connectivity index (χ4v) is 2.06. The third kappa shape index (κ3) is 3.38. The van der Waals surface area contributed by atoms with Crippen molar-refractivity contribution in [1.29, 1.82) is 0 Å². The fraction of sp³-hybridized carbons (Fsp3) is 0.583. The Morgan fingerprint density at radius 2 is 2.44 bits per heavy atom. The maximum absolute atomic E-state index is 11.6. The van der Waals surface area contributed by atoms with Crippen LogP contribution in [-0.2, 0) is 11.3 Å². The number of aromatic nitrogens is 1. The third-order valence-electron chi connectivity index (χ3n) is 3.00. The zero-order valence-electron chi connectivity index (χ0n) is 9.46. The van der Waals surface area contributed by atoms with Crippen molar-refractivity contribution in [3.63, 3.8) is 0 Å². The molecule has 0 radical (unpaired) electrons. The number of carbonyl (C=O) groups excluding carboxylic acids is 1. The summed E-state index contributed by atoms with van der Waals surface area (Å²) in [6, 6.07) is 2.35. The SMILES string of the molecule is O=C(CC1CCCCN1)NCc1cc[nH]c1. The predicted octanol–water partition coefficient (Wildman–Crippen LogP) is 1.16. The first-order valence-corrected chi connectivity index (χ1v) is 5.96. The van der Waals surface area contributed by atoms with E-state index in [9.17, 15) is 4.79 Å². The van der Waals surface area contributed by atoms with Crippen molar-refractivity contribution in [2.24, 2.45) is 0 Å². The molecule has 1 fully saturated rings. The molecule has 2 heterocycles. The van der Waals surface area contributed by atoms with Crippen LogP contribution in [-0.4, -0.2) is 23.5 Å². The molecule has 1 aliphatic heterocycles.